The number of rotatable bonds is 8. The molecule has 37 heavy (non-hydrogen) atoms. The van der Waals surface area contributed by atoms with Gasteiger partial charge in [-0.3, -0.25) is 9.59 Å². The topological polar surface area (TPSA) is 95.5 Å². The van der Waals surface area contributed by atoms with Gasteiger partial charge in [-0.2, -0.15) is 0 Å². The van der Waals surface area contributed by atoms with Gasteiger partial charge in [-0.1, -0.05) is 66.2 Å². The molecule has 0 spiro atoms. The molecule has 186 valence electrons. The maximum absolute atomic E-state index is 13.4. The van der Waals surface area contributed by atoms with E-state index in [-0.39, 0.29) is 22.4 Å². The Hall–Kier alpha value is -4.07. The fraction of sp³-hybridized carbons (Fsp3) is 0.0690. The Bertz CT molecular complexity index is 1460. The summed E-state index contributed by atoms with van der Waals surface area (Å²) in [4.78, 5) is 38.4. The van der Waals surface area contributed by atoms with Crippen molar-refractivity contribution in [1.29, 1.82) is 0 Å². The van der Waals surface area contributed by atoms with Gasteiger partial charge in [0.2, 0.25) is 5.91 Å². The lowest BCUT2D eigenvalue weighted by Gasteiger charge is -2.18. The number of anilines is 2. The molecule has 0 aliphatic rings. The van der Waals surface area contributed by atoms with Crippen LogP contribution in [0, 0.1) is 6.92 Å². The quantitative estimate of drug-likeness (QED) is 0.212. The lowest BCUT2D eigenvalue weighted by Crippen LogP contribution is -2.19. The number of thioether (sulfide) groups is 1. The van der Waals surface area contributed by atoms with Crippen molar-refractivity contribution in [3.8, 4) is 0 Å². The van der Waals surface area contributed by atoms with Crippen LogP contribution in [-0.4, -0.2) is 22.9 Å². The summed E-state index contributed by atoms with van der Waals surface area (Å²) in [5.41, 5.74) is 3.07. The lowest BCUT2D eigenvalue weighted by molar-refractivity contribution is -0.115. The maximum Gasteiger partial charge on any atom is 0.337 e. The van der Waals surface area contributed by atoms with Crippen molar-refractivity contribution in [2.24, 2.45) is 0 Å². The van der Waals surface area contributed by atoms with Crippen LogP contribution in [0.4, 0.5) is 11.4 Å². The van der Waals surface area contributed by atoms with E-state index in [0.717, 1.165) is 16.0 Å². The second kappa shape index (κ2) is 11.8. The minimum Gasteiger partial charge on any atom is -0.478 e. The smallest absolute Gasteiger partial charge is 0.337 e. The molecule has 0 radical (unpaired) electrons. The molecule has 0 heterocycles. The van der Waals surface area contributed by atoms with Crippen LogP contribution < -0.4 is 10.6 Å². The minimum absolute atomic E-state index is 0.0871. The van der Waals surface area contributed by atoms with Crippen LogP contribution in [-0.2, 0) is 4.79 Å². The number of benzene rings is 4. The largest absolute Gasteiger partial charge is 0.478 e. The number of hydrogen-bond acceptors (Lipinski definition) is 4. The summed E-state index contributed by atoms with van der Waals surface area (Å²) in [6.45, 7) is 1.88. The Labute approximate surface area is 223 Å². The van der Waals surface area contributed by atoms with Crippen molar-refractivity contribution < 1.29 is 19.5 Å². The number of aryl methyl sites for hydroxylation is 1. The predicted molar refractivity (Wildman–Crippen MR) is 148 cm³/mol. The van der Waals surface area contributed by atoms with Gasteiger partial charge in [-0.05, 0) is 60.5 Å². The Kier molecular flexibility index (Phi) is 8.28. The van der Waals surface area contributed by atoms with Crippen molar-refractivity contribution in [3.63, 3.8) is 0 Å². The van der Waals surface area contributed by atoms with Crippen LogP contribution in [0.2, 0.25) is 5.02 Å². The first-order chi connectivity index (χ1) is 17.8. The monoisotopic (exact) mass is 530 g/mol. The van der Waals surface area contributed by atoms with E-state index in [0.29, 0.717) is 16.9 Å². The van der Waals surface area contributed by atoms with Crippen LogP contribution in [0.25, 0.3) is 0 Å². The molecule has 1 unspecified atom stereocenters. The first kappa shape index (κ1) is 26.0. The number of halogens is 1. The van der Waals surface area contributed by atoms with Gasteiger partial charge in [0.1, 0.15) is 5.25 Å². The van der Waals surface area contributed by atoms with Crippen molar-refractivity contribution in [1.82, 2.24) is 0 Å². The van der Waals surface area contributed by atoms with E-state index in [1.807, 2.05) is 73.7 Å². The van der Waals surface area contributed by atoms with Gasteiger partial charge < -0.3 is 15.7 Å². The zero-order valence-electron chi connectivity index (χ0n) is 19.8. The van der Waals surface area contributed by atoms with Crippen molar-refractivity contribution >= 4 is 52.5 Å². The molecular formula is C29H23ClN2O4S. The van der Waals surface area contributed by atoms with Crippen LogP contribution >= 0.6 is 23.4 Å². The Balaban J connectivity index is 1.57. The second-order valence-electron chi connectivity index (χ2n) is 8.19. The highest BCUT2D eigenvalue weighted by atomic mass is 35.5. The summed E-state index contributed by atoms with van der Waals surface area (Å²) in [6, 6.07) is 28.2. The van der Waals surface area contributed by atoms with Gasteiger partial charge in [-0.25, -0.2) is 4.79 Å². The molecule has 3 N–H and O–H groups in total. The zero-order chi connectivity index (χ0) is 26.4. The average molecular weight is 531 g/mol. The molecule has 0 saturated heterocycles. The normalized spacial score (nSPS) is 11.4. The van der Waals surface area contributed by atoms with E-state index >= 15 is 0 Å². The third-order valence-electron chi connectivity index (χ3n) is 5.54. The number of carboxylic acids is 1. The first-order valence-corrected chi connectivity index (χ1v) is 12.6. The predicted octanol–water partition coefficient (Wildman–Crippen LogP) is 7.07. The highest BCUT2D eigenvalue weighted by molar-refractivity contribution is 8.00. The number of carbonyl (C=O) groups excluding carboxylic acids is 2. The molecular weight excluding hydrogens is 508 g/mol. The number of carboxylic acid groups (broad SMARTS) is 1. The molecule has 0 saturated carbocycles. The lowest BCUT2D eigenvalue weighted by atomic mass is 10.1. The van der Waals surface area contributed by atoms with Crippen LogP contribution in [0.3, 0.4) is 0 Å². The van der Waals surface area contributed by atoms with Crippen molar-refractivity contribution in [3.05, 3.63) is 124 Å². The first-order valence-electron chi connectivity index (χ1n) is 11.3. The van der Waals surface area contributed by atoms with E-state index in [4.69, 9.17) is 11.6 Å². The molecule has 0 fully saturated rings. The number of nitrogens with one attached hydrogen (secondary N) is 2. The van der Waals surface area contributed by atoms with Gasteiger partial charge in [0.15, 0.2) is 0 Å². The number of aromatic carboxylic acids is 1. The Morgan fingerprint density at radius 1 is 0.784 bits per heavy atom. The standard InChI is InChI=1S/C29H23ClN2O4S/c1-18-8-5-6-13-23(18)27(33)31-20-11-7-12-22(16-20)37-26(19-9-3-2-4-10-19)28(34)32-21-14-15-25(30)24(17-21)29(35)36/h2-17,26H,1H3,(H,31,33)(H,32,34)(H,35,36). The summed E-state index contributed by atoms with van der Waals surface area (Å²) in [5, 5.41) is 14.5. The van der Waals surface area contributed by atoms with Crippen LogP contribution in [0.1, 0.15) is 37.1 Å². The maximum atomic E-state index is 13.4. The Morgan fingerprint density at radius 2 is 1.49 bits per heavy atom. The second-order valence-corrected chi connectivity index (χ2v) is 9.78. The number of hydrogen-bond donors (Lipinski definition) is 3. The fourth-order valence-corrected chi connectivity index (χ4v) is 4.97. The molecule has 0 aliphatic carbocycles. The van der Waals surface area contributed by atoms with E-state index in [1.165, 1.54) is 23.9 Å². The van der Waals surface area contributed by atoms with Crippen molar-refractivity contribution in [2.75, 3.05) is 10.6 Å². The molecule has 0 bridgehead atoms. The highest BCUT2D eigenvalue weighted by Gasteiger charge is 2.23. The molecule has 4 aromatic carbocycles. The Morgan fingerprint density at radius 3 is 2.22 bits per heavy atom. The molecule has 2 amide bonds. The molecule has 4 rings (SSSR count). The van der Waals surface area contributed by atoms with Gasteiger partial charge in [0.05, 0.1) is 10.6 Å². The van der Waals surface area contributed by atoms with Crippen LogP contribution in [0.5, 0.6) is 0 Å². The van der Waals surface area contributed by atoms with E-state index in [2.05, 4.69) is 10.6 Å². The fourth-order valence-electron chi connectivity index (χ4n) is 3.68. The molecule has 0 aliphatic heterocycles. The summed E-state index contributed by atoms with van der Waals surface area (Å²) in [6.07, 6.45) is 0. The summed E-state index contributed by atoms with van der Waals surface area (Å²) < 4.78 is 0. The average Bonchev–Trinajstić information content (AvgIpc) is 2.89. The molecule has 8 heteroatoms. The van der Waals surface area contributed by atoms with Crippen molar-refractivity contribution in [2.45, 2.75) is 17.1 Å². The third-order valence-corrected chi connectivity index (χ3v) is 7.12. The van der Waals surface area contributed by atoms with Crippen LogP contribution in [0.15, 0.2) is 102 Å². The summed E-state index contributed by atoms with van der Waals surface area (Å²) in [5.74, 6) is -1.72. The van der Waals surface area contributed by atoms with E-state index < -0.39 is 11.2 Å². The molecule has 0 aromatic heterocycles. The summed E-state index contributed by atoms with van der Waals surface area (Å²) >= 11 is 7.28. The van der Waals surface area contributed by atoms with E-state index in [1.54, 1.807) is 18.2 Å². The third kappa shape index (κ3) is 6.58. The van der Waals surface area contributed by atoms with Gasteiger partial charge in [0.25, 0.3) is 5.91 Å². The SMILES string of the molecule is Cc1ccccc1C(=O)Nc1cccc(SC(C(=O)Nc2ccc(Cl)c(C(=O)O)c2)c2ccccc2)c1. The number of carbonyl (C=O) groups is 3. The van der Waals surface area contributed by atoms with E-state index in [9.17, 15) is 19.5 Å². The molecule has 4 aromatic rings. The van der Waals surface area contributed by atoms with Gasteiger partial charge >= 0.3 is 5.97 Å². The van der Waals surface area contributed by atoms with Gasteiger partial charge in [-0.15, -0.1) is 11.8 Å². The zero-order valence-corrected chi connectivity index (χ0v) is 21.3. The summed E-state index contributed by atoms with van der Waals surface area (Å²) in [7, 11) is 0. The molecule has 6 nitrogen and oxygen atoms in total. The molecule has 1 atom stereocenters. The number of amides is 2. The van der Waals surface area contributed by atoms with Gasteiger partial charge in [0, 0.05) is 21.8 Å². The highest BCUT2D eigenvalue weighted by Crippen LogP contribution is 2.37. The minimum atomic E-state index is -1.18.